The molecule has 0 unspecified atom stereocenters. The highest BCUT2D eigenvalue weighted by molar-refractivity contribution is 5.88. The van der Waals surface area contributed by atoms with Crippen molar-refractivity contribution in [1.29, 1.82) is 0 Å². The molecule has 0 saturated heterocycles. The molecule has 0 bridgehead atoms. The summed E-state index contributed by atoms with van der Waals surface area (Å²) in [5.74, 6) is 0.672. The molecule has 4 heterocycles. The Morgan fingerprint density at radius 2 is 1.81 bits per heavy atom. The summed E-state index contributed by atoms with van der Waals surface area (Å²) in [4.78, 5) is 9.09. The normalized spacial score (nSPS) is 11.7. The van der Waals surface area contributed by atoms with E-state index in [1.165, 1.54) is 5.56 Å². The Hall–Kier alpha value is -3.55. The van der Waals surface area contributed by atoms with Crippen LogP contribution in [-0.2, 0) is 13.6 Å². The smallest absolute Gasteiger partial charge is 0.182 e. The van der Waals surface area contributed by atoms with Crippen LogP contribution in [-0.4, -0.2) is 39.1 Å². The van der Waals surface area contributed by atoms with Crippen molar-refractivity contribution < 1.29 is 0 Å². The maximum Gasteiger partial charge on any atom is 0.182 e. The lowest BCUT2D eigenvalue weighted by Gasteiger charge is -2.05. The number of hydrogen-bond donors (Lipinski definition) is 0. The van der Waals surface area contributed by atoms with Crippen molar-refractivity contribution in [3.63, 3.8) is 0 Å². The largest absolute Gasteiger partial charge is 0.265 e. The minimum Gasteiger partial charge on any atom is -0.265 e. The quantitative estimate of drug-likeness (QED) is 0.495. The zero-order valence-corrected chi connectivity index (χ0v) is 15.3. The Kier molecular flexibility index (Phi) is 3.33. The molecular weight excluding hydrogens is 340 g/mol. The molecular formula is C19H18N8. The van der Waals surface area contributed by atoms with Gasteiger partial charge in [-0.05, 0) is 25.5 Å². The SMILES string of the molecule is Cc1cc(C)n(Cc2ccc(-c3nc4c5cnn(C)c5ncn4n3)cc2)n1. The fourth-order valence-electron chi connectivity index (χ4n) is 3.33. The van der Waals surface area contributed by atoms with Gasteiger partial charge in [-0.1, -0.05) is 24.3 Å². The number of rotatable bonds is 3. The zero-order valence-electron chi connectivity index (χ0n) is 15.3. The van der Waals surface area contributed by atoms with Crippen LogP contribution in [0.4, 0.5) is 0 Å². The monoisotopic (exact) mass is 358 g/mol. The van der Waals surface area contributed by atoms with Gasteiger partial charge in [-0.25, -0.2) is 14.5 Å². The molecule has 0 amide bonds. The molecule has 0 aliphatic heterocycles. The molecule has 0 N–H and O–H groups in total. The Morgan fingerprint density at radius 3 is 2.56 bits per heavy atom. The average molecular weight is 358 g/mol. The molecule has 0 spiro atoms. The Bertz CT molecular complexity index is 1270. The van der Waals surface area contributed by atoms with Crippen molar-refractivity contribution in [3.05, 3.63) is 59.8 Å². The lowest BCUT2D eigenvalue weighted by molar-refractivity contribution is 0.659. The van der Waals surface area contributed by atoms with Crippen LogP contribution in [0.1, 0.15) is 17.0 Å². The summed E-state index contributed by atoms with van der Waals surface area (Å²) in [5, 5.41) is 14.2. The summed E-state index contributed by atoms with van der Waals surface area (Å²) in [6, 6.07) is 10.4. The molecule has 5 rings (SSSR count). The Morgan fingerprint density at radius 1 is 1.00 bits per heavy atom. The molecule has 0 aliphatic rings. The van der Waals surface area contributed by atoms with Gasteiger partial charge in [0, 0.05) is 18.3 Å². The lowest BCUT2D eigenvalue weighted by Crippen LogP contribution is -2.03. The van der Waals surface area contributed by atoms with Crippen LogP contribution in [0, 0.1) is 13.8 Å². The number of fused-ring (bicyclic) bond motifs is 3. The van der Waals surface area contributed by atoms with Crippen LogP contribution in [0.2, 0.25) is 0 Å². The predicted octanol–water partition coefficient (Wildman–Crippen LogP) is 2.54. The second kappa shape index (κ2) is 5.73. The van der Waals surface area contributed by atoms with E-state index in [1.807, 2.05) is 30.8 Å². The van der Waals surface area contributed by atoms with E-state index in [0.29, 0.717) is 5.82 Å². The highest BCUT2D eigenvalue weighted by atomic mass is 15.3. The summed E-state index contributed by atoms with van der Waals surface area (Å²) in [6.45, 7) is 4.83. The summed E-state index contributed by atoms with van der Waals surface area (Å²) >= 11 is 0. The average Bonchev–Trinajstić information content (AvgIpc) is 3.33. The first-order valence-electron chi connectivity index (χ1n) is 8.72. The third kappa shape index (κ3) is 2.57. The van der Waals surface area contributed by atoms with E-state index in [9.17, 15) is 0 Å². The maximum atomic E-state index is 4.70. The van der Waals surface area contributed by atoms with E-state index in [4.69, 9.17) is 4.98 Å². The third-order valence-electron chi connectivity index (χ3n) is 4.72. The van der Waals surface area contributed by atoms with Crippen molar-refractivity contribution >= 4 is 16.7 Å². The Balaban J connectivity index is 1.49. The van der Waals surface area contributed by atoms with Gasteiger partial charge in [-0.2, -0.15) is 10.2 Å². The van der Waals surface area contributed by atoms with Crippen molar-refractivity contribution in [1.82, 2.24) is 39.1 Å². The molecule has 8 nitrogen and oxygen atoms in total. The van der Waals surface area contributed by atoms with E-state index in [1.54, 1.807) is 21.7 Å². The Labute approximate surface area is 155 Å². The standard InChI is InChI=1S/C19H18N8/c1-12-8-13(2)26(23-12)10-14-4-6-15(7-5-14)17-22-19-16-9-21-25(3)18(16)20-11-27(19)24-17/h4-9,11H,10H2,1-3H3. The molecule has 0 fully saturated rings. The molecule has 8 heteroatoms. The number of hydrogen-bond acceptors (Lipinski definition) is 5. The van der Waals surface area contributed by atoms with Gasteiger partial charge in [0.2, 0.25) is 0 Å². The fraction of sp³-hybridized carbons (Fsp3) is 0.211. The molecule has 0 atom stereocenters. The van der Waals surface area contributed by atoms with Crippen LogP contribution >= 0.6 is 0 Å². The summed E-state index contributed by atoms with van der Waals surface area (Å²) in [7, 11) is 1.87. The summed E-state index contributed by atoms with van der Waals surface area (Å²) in [5.41, 5.74) is 5.90. The maximum absolute atomic E-state index is 4.70. The fourth-order valence-corrected chi connectivity index (χ4v) is 3.33. The van der Waals surface area contributed by atoms with Gasteiger partial charge >= 0.3 is 0 Å². The first kappa shape index (κ1) is 15.7. The van der Waals surface area contributed by atoms with Crippen molar-refractivity contribution in [3.8, 4) is 11.4 Å². The number of aromatic nitrogens is 8. The van der Waals surface area contributed by atoms with E-state index in [2.05, 4.69) is 45.4 Å². The first-order valence-corrected chi connectivity index (χ1v) is 8.72. The second-order valence-corrected chi connectivity index (χ2v) is 6.74. The topological polar surface area (TPSA) is 78.7 Å². The van der Waals surface area contributed by atoms with Gasteiger partial charge in [0.1, 0.15) is 6.33 Å². The van der Waals surface area contributed by atoms with Gasteiger partial charge in [0.05, 0.1) is 23.8 Å². The molecule has 5 aromatic rings. The van der Waals surface area contributed by atoms with Gasteiger partial charge < -0.3 is 0 Å². The van der Waals surface area contributed by atoms with Crippen LogP contribution in [0.15, 0.2) is 42.9 Å². The van der Waals surface area contributed by atoms with Crippen molar-refractivity contribution in [2.24, 2.45) is 7.05 Å². The van der Waals surface area contributed by atoms with Crippen LogP contribution in [0.3, 0.4) is 0 Å². The van der Waals surface area contributed by atoms with Gasteiger partial charge in [0.15, 0.2) is 17.1 Å². The first-order chi connectivity index (χ1) is 13.1. The highest BCUT2D eigenvalue weighted by Gasteiger charge is 2.12. The minimum atomic E-state index is 0.672. The molecule has 0 radical (unpaired) electrons. The van der Waals surface area contributed by atoms with Crippen molar-refractivity contribution in [2.45, 2.75) is 20.4 Å². The third-order valence-corrected chi connectivity index (χ3v) is 4.72. The van der Waals surface area contributed by atoms with Gasteiger partial charge in [-0.3, -0.25) is 9.36 Å². The van der Waals surface area contributed by atoms with Gasteiger partial charge in [0.25, 0.3) is 0 Å². The van der Waals surface area contributed by atoms with Gasteiger partial charge in [-0.15, -0.1) is 5.10 Å². The molecule has 0 aliphatic carbocycles. The molecule has 1 aromatic carbocycles. The lowest BCUT2D eigenvalue weighted by atomic mass is 10.1. The number of benzene rings is 1. The minimum absolute atomic E-state index is 0.672. The second-order valence-electron chi connectivity index (χ2n) is 6.74. The molecule has 4 aromatic heterocycles. The van der Waals surface area contributed by atoms with Crippen LogP contribution in [0.25, 0.3) is 28.1 Å². The predicted molar refractivity (Wildman–Crippen MR) is 101 cm³/mol. The summed E-state index contributed by atoms with van der Waals surface area (Å²) < 4.78 is 5.44. The number of nitrogens with zero attached hydrogens (tertiary/aromatic N) is 8. The number of aryl methyl sites for hydroxylation is 3. The van der Waals surface area contributed by atoms with Crippen molar-refractivity contribution in [2.75, 3.05) is 0 Å². The van der Waals surface area contributed by atoms with Crippen LogP contribution < -0.4 is 0 Å². The molecule has 27 heavy (non-hydrogen) atoms. The summed E-state index contributed by atoms with van der Waals surface area (Å²) in [6.07, 6.45) is 3.45. The molecule has 0 saturated carbocycles. The zero-order chi connectivity index (χ0) is 18.5. The molecule has 134 valence electrons. The van der Waals surface area contributed by atoms with E-state index in [-0.39, 0.29) is 0 Å². The highest BCUT2D eigenvalue weighted by Crippen LogP contribution is 2.21. The van der Waals surface area contributed by atoms with Crippen LogP contribution in [0.5, 0.6) is 0 Å². The van der Waals surface area contributed by atoms with E-state index in [0.717, 1.165) is 40.2 Å². The van der Waals surface area contributed by atoms with E-state index < -0.39 is 0 Å². The van der Waals surface area contributed by atoms with E-state index >= 15 is 0 Å².